The number of nitrogens with one attached hydrogen (secondary N) is 1. The number of alkyl halides is 3. The Labute approximate surface area is 161 Å². The highest BCUT2D eigenvalue weighted by atomic mass is 19.4. The third-order valence-corrected chi connectivity index (χ3v) is 4.70. The molecular weight excluding hydrogens is 371 g/mol. The van der Waals surface area contributed by atoms with E-state index in [4.69, 9.17) is 4.74 Å². The summed E-state index contributed by atoms with van der Waals surface area (Å²) in [6.07, 6.45) is -4.37. The number of benzene rings is 2. The summed E-state index contributed by atoms with van der Waals surface area (Å²) < 4.78 is 44.0. The first kappa shape index (κ1) is 19.9. The van der Waals surface area contributed by atoms with Crippen molar-refractivity contribution in [3.05, 3.63) is 53.6 Å². The van der Waals surface area contributed by atoms with Crippen molar-refractivity contribution in [1.82, 2.24) is 4.90 Å². The van der Waals surface area contributed by atoms with Gasteiger partial charge in [0.05, 0.1) is 18.4 Å². The van der Waals surface area contributed by atoms with Gasteiger partial charge in [-0.2, -0.15) is 13.2 Å². The molecule has 0 atom stereocenters. The number of ether oxygens (including phenoxy) is 1. The molecule has 1 aliphatic heterocycles. The molecule has 0 unspecified atom stereocenters. The van der Waals surface area contributed by atoms with Gasteiger partial charge in [-0.3, -0.25) is 0 Å². The van der Waals surface area contributed by atoms with Crippen LogP contribution in [-0.4, -0.2) is 44.2 Å². The van der Waals surface area contributed by atoms with Crippen LogP contribution in [0.5, 0.6) is 5.75 Å². The van der Waals surface area contributed by atoms with Gasteiger partial charge in [0.25, 0.3) is 0 Å². The van der Waals surface area contributed by atoms with Gasteiger partial charge in [-0.15, -0.1) is 0 Å². The summed E-state index contributed by atoms with van der Waals surface area (Å²) in [6, 6.07) is 10.5. The molecular formula is C20H22F3N3O2. The minimum absolute atomic E-state index is 0.257. The second kappa shape index (κ2) is 8.00. The molecule has 1 heterocycles. The number of hydrogen-bond acceptors (Lipinski definition) is 3. The van der Waals surface area contributed by atoms with Crippen LogP contribution in [0, 0.1) is 6.92 Å². The van der Waals surface area contributed by atoms with Crippen LogP contribution in [-0.2, 0) is 6.18 Å². The van der Waals surface area contributed by atoms with Gasteiger partial charge >= 0.3 is 12.2 Å². The lowest BCUT2D eigenvalue weighted by Gasteiger charge is -2.36. The molecule has 2 amide bonds. The molecule has 1 N–H and O–H groups in total. The highest BCUT2D eigenvalue weighted by Crippen LogP contribution is 2.32. The van der Waals surface area contributed by atoms with E-state index in [1.54, 1.807) is 17.0 Å². The molecule has 1 aliphatic rings. The predicted octanol–water partition coefficient (Wildman–Crippen LogP) is 4.38. The number of rotatable bonds is 3. The maximum absolute atomic E-state index is 12.9. The van der Waals surface area contributed by atoms with Crippen LogP contribution in [0.4, 0.5) is 29.3 Å². The number of anilines is 2. The van der Waals surface area contributed by atoms with Crippen molar-refractivity contribution < 1.29 is 22.7 Å². The molecule has 5 nitrogen and oxygen atoms in total. The second-order valence-corrected chi connectivity index (χ2v) is 6.66. The normalized spacial score (nSPS) is 14.8. The summed E-state index contributed by atoms with van der Waals surface area (Å²) in [5.41, 5.74) is 1.42. The Hall–Kier alpha value is -2.90. The van der Waals surface area contributed by atoms with Crippen molar-refractivity contribution >= 4 is 17.4 Å². The average Bonchev–Trinajstić information content (AvgIpc) is 2.68. The summed E-state index contributed by atoms with van der Waals surface area (Å²) in [7, 11) is 1.54. The monoisotopic (exact) mass is 393 g/mol. The number of methoxy groups -OCH3 is 1. The van der Waals surface area contributed by atoms with E-state index in [0.717, 1.165) is 17.7 Å². The van der Waals surface area contributed by atoms with Crippen LogP contribution >= 0.6 is 0 Å². The second-order valence-electron chi connectivity index (χ2n) is 6.66. The van der Waals surface area contributed by atoms with Gasteiger partial charge in [-0.05, 0) is 42.8 Å². The first-order valence-electron chi connectivity index (χ1n) is 8.90. The molecule has 0 saturated carbocycles. The molecule has 0 bridgehead atoms. The summed E-state index contributed by atoms with van der Waals surface area (Å²) in [5, 5.41) is 2.85. The van der Waals surface area contributed by atoms with Gasteiger partial charge in [0.15, 0.2) is 0 Å². The van der Waals surface area contributed by atoms with Gasteiger partial charge in [0.1, 0.15) is 5.75 Å². The first-order chi connectivity index (χ1) is 13.3. The number of hydrogen-bond donors (Lipinski definition) is 1. The van der Waals surface area contributed by atoms with E-state index in [2.05, 4.69) is 5.32 Å². The van der Waals surface area contributed by atoms with Crippen LogP contribution in [0.15, 0.2) is 42.5 Å². The van der Waals surface area contributed by atoms with Gasteiger partial charge in [0.2, 0.25) is 0 Å². The van der Waals surface area contributed by atoms with Gasteiger partial charge < -0.3 is 19.9 Å². The summed E-state index contributed by atoms with van der Waals surface area (Å²) >= 11 is 0. The molecule has 0 spiro atoms. The molecule has 1 saturated heterocycles. The van der Waals surface area contributed by atoms with Crippen LogP contribution in [0.25, 0.3) is 0 Å². The molecule has 2 aromatic carbocycles. The standard InChI is InChI=1S/C20H22F3N3O2/c1-14-6-7-18(28-2)17(12-14)24-19(27)26-10-8-25(9-11-26)16-5-3-4-15(13-16)20(21,22)23/h3-7,12-13H,8-11H2,1-2H3,(H,24,27). The smallest absolute Gasteiger partial charge is 0.416 e. The number of carbonyl (C=O) groups is 1. The Bertz CT molecular complexity index is 847. The quantitative estimate of drug-likeness (QED) is 0.842. The van der Waals surface area contributed by atoms with Gasteiger partial charge in [-0.1, -0.05) is 12.1 Å². The Morgan fingerprint density at radius 1 is 1.07 bits per heavy atom. The van der Waals surface area contributed by atoms with E-state index < -0.39 is 11.7 Å². The highest BCUT2D eigenvalue weighted by Gasteiger charge is 2.31. The van der Waals surface area contributed by atoms with Gasteiger partial charge in [0, 0.05) is 31.9 Å². The first-order valence-corrected chi connectivity index (χ1v) is 8.90. The van der Waals surface area contributed by atoms with E-state index in [9.17, 15) is 18.0 Å². The van der Waals surface area contributed by atoms with E-state index in [1.807, 2.05) is 24.0 Å². The molecule has 28 heavy (non-hydrogen) atoms. The number of amides is 2. The van der Waals surface area contributed by atoms with Crippen molar-refractivity contribution in [2.45, 2.75) is 13.1 Å². The van der Waals surface area contributed by atoms with Crippen LogP contribution < -0.4 is 15.0 Å². The van der Waals surface area contributed by atoms with E-state index in [1.165, 1.54) is 13.2 Å². The Balaban J connectivity index is 1.63. The SMILES string of the molecule is COc1ccc(C)cc1NC(=O)N1CCN(c2cccc(C(F)(F)F)c2)CC1. The fourth-order valence-corrected chi connectivity index (χ4v) is 3.16. The molecule has 150 valence electrons. The highest BCUT2D eigenvalue weighted by molar-refractivity contribution is 5.91. The van der Waals surface area contributed by atoms with Crippen molar-refractivity contribution in [3.8, 4) is 5.75 Å². The molecule has 0 aromatic heterocycles. The van der Waals surface area contributed by atoms with E-state index in [0.29, 0.717) is 43.3 Å². The lowest BCUT2D eigenvalue weighted by atomic mass is 10.1. The van der Waals surface area contributed by atoms with E-state index in [-0.39, 0.29) is 6.03 Å². The van der Waals surface area contributed by atoms with Crippen molar-refractivity contribution in [2.75, 3.05) is 43.5 Å². The maximum atomic E-state index is 12.9. The Kier molecular flexibility index (Phi) is 5.67. The summed E-state index contributed by atoms with van der Waals surface area (Å²) in [6.45, 7) is 3.66. The van der Waals surface area contributed by atoms with Crippen LogP contribution in [0.1, 0.15) is 11.1 Å². The van der Waals surface area contributed by atoms with E-state index >= 15 is 0 Å². The summed E-state index contributed by atoms with van der Waals surface area (Å²) in [4.78, 5) is 16.1. The van der Waals surface area contributed by atoms with Crippen molar-refractivity contribution in [3.63, 3.8) is 0 Å². The Morgan fingerprint density at radius 3 is 2.43 bits per heavy atom. The molecule has 0 radical (unpaired) electrons. The lowest BCUT2D eigenvalue weighted by Crippen LogP contribution is -2.50. The van der Waals surface area contributed by atoms with Crippen molar-refractivity contribution in [1.29, 1.82) is 0 Å². The number of urea groups is 1. The number of halogens is 3. The third kappa shape index (κ3) is 4.49. The molecule has 1 fully saturated rings. The fourth-order valence-electron chi connectivity index (χ4n) is 3.16. The van der Waals surface area contributed by atoms with Crippen LogP contribution in [0.2, 0.25) is 0 Å². The largest absolute Gasteiger partial charge is 0.495 e. The zero-order chi connectivity index (χ0) is 20.3. The third-order valence-electron chi connectivity index (χ3n) is 4.70. The number of nitrogens with zero attached hydrogens (tertiary/aromatic N) is 2. The fraction of sp³-hybridized carbons (Fsp3) is 0.350. The van der Waals surface area contributed by atoms with Crippen molar-refractivity contribution in [2.24, 2.45) is 0 Å². The maximum Gasteiger partial charge on any atom is 0.416 e. The average molecular weight is 393 g/mol. The topological polar surface area (TPSA) is 44.8 Å². The van der Waals surface area contributed by atoms with Crippen LogP contribution in [0.3, 0.4) is 0 Å². The number of piperazine rings is 1. The number of carbonyl (C=O) groups excluding carboxylic acids is 1. The zero-order valence-electron chi connectivity index (χ0n) is 15.7. The minimum atomic E-state index is -4.37. The number of aryl methyl sites for hydroxylation is 1. The minimum Gasteiger partial charge on any atom is -0.495 e. The zero-order valence-corrected chi connectivity index (χ0v) is 15.7. The molecule has 0 aliphatic carbocycles. The van der Waals surface area contributed by atoms with Gasteiger partial charge in [-0.25, -0.2) is 4.79 Å². The predicted molar refractivity (Wildman–Crippen MR) is 102 cm³/mol. The molecule has 8 heteroatoms. The Morgan fingerprint density at radius 2 is 1.79 bits per heavy atom. The molecule has 2 aromatic rings. The lowest BCUT2D eigenvalue weighted by molar-refractivity contribution is -0.137. The summed E-state index contributed by atoms with van der Waals surface area (Å²) in [5.74, 6) is 0.571. The molecule has 3 rings (SSSR count).